The minimum Gasteiger partial charge on any atom is -0.508 e. The molecule has 3 aromatic rings. The highest BCUT2D eigenvalue weighted by molar-refractivity contribution is 6.59. The fourth-order valence-electron chi connectivity index (χ4n) is 7.55. The van der Waals surface area contributed by atoms with Crippen LogP contribution in [0.25, 0.3) is 0 Å². The minimum absolute atomic E-state index is 0.0518. The van der Waals surface area contributed by atoms with Gasteiger partial charge in [-0.05, 0) is 66.7 Å². The summed E-state index contributed by atoms with van der Waals surface area (Å²) in [7, 11) is -1.83. The quantitative estimate of drug-likeness (QED) is 0.171. The highest BCUT2D eigenvalue weighted by atomic mass is 35.5. The van der Waals surface area contributed by atoms with Crippen molar-refractivity contribution in [1.82, 2.24) is 0 Å². The number of carbonyl (C=O) groups excluding carboxylic acids is 4. The molecule has 2 aliphatic heterocycles. The molecule has 1 saturated carbocycles. The van der Waals surface area contributed by atoms with E-state index in [0.717, 1.165) is 21.9 Å². The molecule has 0 aromatic heterocycles. The number of aromatic hydroxyl groups is 1. The van der Waals surface area contributed by atoms with Gasteiger partial charge in [0.1, 0.15) is 11.6 Å². The van der Waals surface area contributed by atoms with E-state index < -0.39 is 70.0 Å². The highest BCUT2D eigenvalue weighted by Gasteiger charge is 2.76. The van der Waals surface area contributed by atoms with Gasteiger partial charge >= 0.3 is 7.12 Å². The largest absolute Gasteiger partial charge is 0.508 e. The average molecular weight is 649 g/mol. The van der Waals surface area contributed by atoms with E-state index in [2.05, 4.69) is 0 Å². The number of halogens is 3. The van der Waals surface area contributed by atoms with Crippen LogP contribution in [0, 0.1) is 23.6 Å². The average Bonchev–Trinajstić information content (AvgIpc) is 3.36. The Balaban J connectivity index is 1.38. The van der Waals surface area contributed by atoms with Crippen molar-refractivity contribution in [3.8, 4) is 5.75 Å². The zero-order valence-corrected chi connectivity index (χ0v) is 24.8. The van der Waals surface area contributed by atoms with E-state index in [9.17, 15) is 38.7 Å². The van der Waals surface area contributed by atoms with Crippen molar-refractivity contribution in [3.05, 3.63) is 95.8 Å². The first-order chi connectivity index (χ1) is 21.4. The van der Waals surface area contributed by atoms with E-state index in [1.165, 1.54) is 42.5 Å². The van der Waals surface area contributed by atoms with E-state index in [1.54, 1.807) is 24.3 Å². The van der Waals surface area contributed by atoms with Crippen molar-refractivity contribution in [2.45, 2.75) is 28.5 Å². The number of nitrogens with zero attached hydrogens (tertiary/aromatic N) is 2. The Kier molecular flexibility index (Phi) is 6.76. The number of para-hydroxylation sites is 1. The molecule has 3 N–H and O–H groups in total. The molecular formula is C32H24BCl2FN2O7. The Bertz CT molecular complexity index is 1840. The van der Waals surface area contributed by atoms with E-state index in [-0.39, 0.29) is 41.0 Å². The lowest BCUT2D eigenvalue weighted by molar-refractivity contribution is -0.125. The Morgan fingerprint density at radius 3 is 2.22 bits per heavy atom. The summed E-state index contributed by atoms with van der Waals surface area (Å²) in [5.41, 5.74) is 1.00. The molecule has 2 aliphatic carbocycles. The molecule has 4 amide bonds. The van der Waals surface area contributed by atoms with Gasteiger partial charge in [-0.2, -0.15) is 0 Å². The van der Waals surface area contributed by atoms with Gasteiger partial charge < -0.3 is 15.2 Å². The third-order valence-corrected chi connectivity index (χ3v) is 11.0. The standard InChI is InChI=1S/C32H24BCl2FN2O7/c34-31-15-23-20(12-13-22-25(23)28(41)37(27(22)40)19-5-3-4-16(14-19)33(44)45)26(21-6-1-2-7-24(21)39)32(31,35)30(43)38(29(31)42)18-10-8-17(36)9-11-18/h1-12,14,22-23,25-26,39,44-45H,13,15H2/t22-,23+,25-,26+,31+,32-/m0/s1. The summed E-state index contributed by atoms with van der Waals surface area (Å²) in [6.45, 7) is 0. The van der Waals surface area contributed by atoms with Crippen LogP contribution in [0.2, 0.25) is 0 Å². The van der Waals surface area contributed by atoms with Gasteiger partial charge in [-0.15, -0.1) is 23.2 Å². The number of carbonyl (C=O) groups is 4. The Labute approximate surface area is 266 Å². The number of anilines is 2. The molecule has 13 heteroatoms. The topological polar surface area (TPSA) is 135 Å². The Morgan fingerprint density at radius 2 is 1.53 bits per heavy atom. The predicted octanol–water partition coefficient (Wildman–Crippen LogP) is 2.98. The summed E-state index contributed by atoms with van der Waals surface area (Å²) in [6.07, 6.45) is 1.57. The normalized spacial score (nSPS) is 30.6. The second kappa shape index (κ2) is 10.2. The van der Waals surface area contributed by atoms with Crippen molar-refractivity contribution in [2.24, 2.45) is 17.8 Å². The zero-order chi connectivity index (χ0) is 32.0. The number of rotatable bonds is 4. The SMILES string of the molecule is O=C1[C@H]2[C@H](CC=C3[C@H]2C[C@@]2(Cl)C(=O)N(c4ccc(F)cc4)C(=O)[C@@]2(Cl)[C@H]3c2ccccc2O)C(=O)N1c1cccc(B(O)O)c1. The summed E-state index contributed by atoms with van der Waals surface area (Å²) >= 11 is 14.6. The first-order valence-corrected chi connectivity index (χ1v) is 15.0. The lowest BCUT2D eigenvalue weighted by Gasteiger charge is -2.50. The molecule has 0 spiro atoms. The number of benzene rings is 3. The lowest BCUT2D eigenvalue weighted by atomic mass is 9.56. The number of amides is 4. The summed E-state index contributed by atoms with van der Waals surface area (Å²) in [5, 5.41) is 30.4. The van der Waals surface area contributed by atoms with Gasteiger partial charge in [0.2, 0.25) is 11.8 Å². The van der Waals surface area contributed by atoms with Gasteiger partial charge in [0.05, 0.1) is 23.2 Å². The molecular weight excluding hydrogens is 625 g/mol. The molecule has 2 saturated heterocycles. The predicted molar refractivity (Wildman–Crippen MR) is 163 cm³/mol. The van der Waals surface area contributed by atoms with Gasteiger partial charge in [0, 0.05) is 11.5 Å². The van der Waals surface area contributed by atoms with Crippen LogP contribution in [0.15, 0.2) is 84.4 Å². The fourth-order valence-corrected chi connectivity index (χ4v) is 8.48. The number of allylic oxidation sites excluding steroid dienone is 2. The number of phenolic OH excluding ortho intramolecular Hbond substituents is 1. The highest BCUT2D eigenvalue weighted by Crippen LogP contribution is 2.66. The third-order valence-electron chi connectivity index (χ3n) is 9.57. The van der Waals surface area contributed by atoms with Crippen LogP contribution in [0.5, 0.6) is 5.75 Å². The van der Waals surface area contributed by atoms with E-state index >= 15 is 0 Å². The van der Waals surface area contributed by atoms with Crippen LogP contribution in [0.4, 0.5) is 15.8 Å². The number of fused-ring (bicyclic) bond motifs is 4. The molecule has 9 nitrogen and oxygen atoms in total. The number of phenols is 1. The molecule has 4 aliphatic rings. The number of hydrogen-bond acceptors (Lipinski definition) is 7. The van der Waals surface area contributed by atoms with Crippen LogP contribution in [-0.4, -0.2) is 55.7 Å². The molecule has 0 bridgehead atoms. The van der Waals surface area contributed by atoms with Gasteiger partial charge in [-0.1, -0.05) is 42.0 Å². The number of alkyl halides is 2. The Morgan fingerprint density at radius 1 is 0.822 bits per heavy atom. The van der Waals surface area contributed by atoms with E-state index in [0.29, 0.717) is 5.57 Å². The first-order valence-electron chi connectivity index (χ1n) is 14.2. The molecule has 0 unspecified atom stereocenters. The molecule has 45 heavy (non-hydrogen) atoms. The Hall–Kier alpha value is -4.03. The van der Waals surface area contributed by atoms with Gasteiger partial charge in [0.25, 0.3) is 11.8 Å². The molecule has 7 rings (SSSR count). The minimum atomic E-state index is -2.16. The number of imide groups is 2. The lowest BCUT2D eigenvalue weighted by Crippen LogP contribution is -2.60. The molecule has 6 atom stereocenters. The van der Waals surface area contributed by atoms with Crippen molar-refractivity contribution >= 4 is 70.8 Å². The smallest absolute Gasteiger partial charge is 0.488 e. The molecule has 2 heterocycles. The second-order valence-corrected chi connectivity index (χ2v) is 13.0. The fraction of sp³-hybridized carbons (Fsp3) is 0.250. The van der Waals surface area contributed by atoms with Gasteiger partial charge in [-0.25, -0.2) is 9.29 Å². The summed E-state index contributed by atoms with van der Waals surface area (Å²) < 4.78 is 13.8. The van der Waals surface area contributed by atoms with E-state index in [4.69, 9.17) is 23.2 Å². The van der Waals surface area contributed by atoms with Crippen LogP contribution in [0.1, 0.15) is 24.3 Å². The zero-order valence-electron chi connectivity index (χ0n) is 23.3. The number of hydrogen-bond donors (Lipinski definition) is 3. The van der Waals surface area contributed by atoms with Crippen LogP contribution in [0.3, 0.4) is 0 Å². The van der Waals surface area contributed by atoms with Crippen molar-refractivity contribution < 1.29 is 38.7 Å². The molecule has 0 radical (unpaired) electrons. The monoisotopic (exact) mass is 648 g/mol. The van der Waals surface area contributed by atoms with Crippen LogP contribution >= 0.6 is 23.2 Å². The summed E-state index contributed by atoms with van der Waals surface area (Å²) in [6, 6.07) is 16.7. The van der Waals surface area contributed by atoms with Crippen LogP contribution < -0.4 is 15.3 Å². The molecule has 228 valence electrons. The maximum atomic E-state index is 14.3. The first kappa shape index (κ1) is 29.7. The molecule has 3 aromatic carbocycles. The maximum absolute atomic E-state index is 14.3. The third kappa shape index (κ3) is 4.00. The van der Waals surface area contributed by atoms with Gasteiger partial charge in [0.15, 0.2) is 9.75 Å². The second-order valence-electron chi connectivity index (χ2n) is 11.8. The maximum Gasteiger partial charge on any atom is 0.488 e. The van der Waals surface area contributed by atoms with Gasteiger partial charge in [-0.3, -0.25) is 24.1 Å². The van der Waals surface area contributed by atoms with Crippen LogP contribution in [-0.2, 0) is 19.2 Å². The van der Waals surface area contributed by atoms with Crippen molar-refractivity contribution in [1.29, 1.82) is 0 Å². The molecule has 3 fully saturated rings. The summed E-state index contributed by atoms with van der Waals surface area (Å²) in [5.74, 6) is -7.43. The summed E-state index contributed by atoms with van der Waals surface area (Å²) in [4.78, 5) is 54.0. The van der Waals surface area contributed by atoms with Crippen molar-refractivity contribution in [2.75, 3.05) is 9.80 Å². The van der Waals surface area contributed by atoms with E-state index in [1.807, 2.05) is 0 Å². The van der Waals surface area contributed by atoms with Crippen molar-refractivity contribution in [3.63, 3.8) is 0 Å².